The van der Waals surface area contributed by atoms with Crippen molar-refractivity contribution in [1.82, 2.24) is 15.3 Å². The second-order valence-corrected chi connectivity index (χ2v) is 7.12. The summed E-state index contributed by atoms with van der Waals surface area (Å²) < 4.78 is 0. The zero-order valence-electron chi connectivity index (χ0n) is 15.7. The van der Waals surface area contributed by atoms with Crippen molar-refractivity contribution in [2.75, 3.05) is 0 Å². The second kappa shape index (κ2) is 8.17. The number of imidazole rings is 1. The monoisotopic (exact) mass is 349 g/mol. The minimum atomic E-state index is -0.141. The molecule has 4 nitrogen and oxygen atoms in total. The van der Waals surface area contributed by atoms with E-state index >= 15 is 0 Å². The minimum absolute atomic E-state index is 0.0669. The molecular weight excluding hydrogens is 322 g/mol. The summed E-state index contributed by atoms with van der Waals surface area (Å²) in [5.41, 5.74) is 2.99. The van der Waals surface area contributed by atoms with Gasteiger partial charge in [0.2, 0.25) is 5.91 Å². The number of hydrogen-bond acceptors (Lipinski definition) is 2. The van der Waals surface area contributed by atoms with Crippen LogP contribution in [0.15, 0.2) is 54.6 Å². The van der Waals surface area contributed by atoms with Crippen LogP contribution in [0.5, 0.6) is 0 Å². The average Bonchev–Trinajstić information content (AvgIpc) is 3.08. The van der Waals surface area contributed by atoms with Gasteiger partial charge in [-0.25, -0.2) is 4.98 Å². The van der Waals surface area contributed by atoms with Crippen LogP contribution in [0, 0.1) is 5.92 Å². The lowest BCUT2D eigenvalue weighted by molar-refractivity contribution is -0.123. The molecule has 0 aliphatic carbocycles. The van der Waals surface area contributed by atoms with E-state index in [1.807, 2.05) is 54.6 Å². The number of benzene rings is 2. The highest BCUT2D eigenvalue weighted by molar-refractivity contribution is 5.84. The highest BCUT2D eigenvalue weighted by Gasteiger charge is 2.26. The van der Waals surface area contributed by atoms with Gasteiger partial charge in [-0.3, -0.25) is 4.79 Å². The minimum Gasteiger partial charge on any atom is -0.345 e. The molecule has 4 heteroatoms. The molecule has 0 aliphatic rings. The molecule has 1 aromatic heterocycles. The van der Waals surface area contributed by atoms with Crippen molar-refractivity contribution < 1.29 is 4.79 Å². The van der Waals surface area contributed by atoms with Gasteiger partial charge in [0, 0.05) is 0 Å². The van der Waals surface area contributed by atoms with Crippen molar-refractivity contribution in [3.05, 3.63) is 66.0 Å². The van der Waals surface area contributed by atoms with Crippen LogP contribution in [0.3, 0.4) is 0 Å². The van der Waals surface area contributed by atoms with E-state index in [-0.39, 0.29) is 23.8 Å². The molecule has 1 amide bonds. The lowest BCUT2D eigenvalue weighted by atomic mass is 9.92. The van der Waals surface area contributed by atoms with Crippen LogP contribution < -0.4 is 5.32 Å². The maximum Gasteiger partial charge on any atom is 0.228 e. The summed E-state index contributed by atoms with van der Waals surface area (Å²) in [7, 11) is 0. The molecule has 2 aromatic carbocycles. The summed E-state index contributed by atoms with van der Waals surface area (Å²) in [6, 6.07) is 17.8. The van der Waals surface area contributed by atoms with Gasteiger partial charge in [-0.1, -0.05) is 69.7 Å². The summed E-state index contributed by atoms with van der Waals surface area (Å²) in [6.07, 6.45) is 1.80. The van der Waals surface area contributed by atoms with Gasteiger partial charge in [0.1, 0.15) is 5.82 Å². The van der Waals surface area contributed by atoms with Crippen LogP contribution in [0.2, 0.25) is 0 Å². The topological polar surface area (TPSA) is 57.8 Å². The van der Waals surface area contributed by atoms with E-state index in [1.165, 1.54) is 0 Å². The van der Waals surface area contributed by atoms with Gasteiger partial charge in [-0.2, -0.15) is 0 Å². The molecular formula is C22H27N3O. The zero-order chi connectivity index (χ0) is 18.5. The molecule has 26 heavy (non-hydrogen) atoms. The Labute approximate surface area is 155 Å². The highest BCUT2D eigenvalue weighted by Crippen LogP contribution is 2.26. The molecule has 0 fully saturated rings. The molecule has 2 atom stereocenters. The first kappa shape index (κ1) is 18.2. The first-order chi connectivity index (χ1) is 12.6. The summed E-state index contributed by atoms with van der Waals surface area (Å²) in [4.78, 5) is 21.1. The number of H-pyrrole nitrogens is 1. The zero-order valence-corrected chi connectivity index (χ0v) is 15.7. The Kier molecular flexibility index (Phi) is 5.71. The van der Waals surface area contributed by atoms with Crippen molar-refractivity contribution in [2.24, 2.45) is 5.92 Å². The first-order valence-corrected chi connectivity index (χ1v) is 9.40. The molecule has 0 spiro atoms. The Hall–Kier alpha value is -2.62. The molecule has 0 radical (unpaired) electrons. The van der Waals surface area contributed by atoms with Gasteiger partial charge >= 0.3 is 0 Å². The SMILES string of the molecule is CCC[C@H](C(=O)N[C@@H](c1nc2ccccc2[nH]1)C(C)C)c1ccccc1. The average molecular weight is 349 g/mol. The fourth-order valence-corrected chi connectivity index (χ4v) is 3.35. The number of aromatic nitrogens is 2. The maximum absolute atomic E-state index is 13.1. The molecule has 136 valence electrons. The molecule has 0 saturated heterocycles. The van der Waals surface area contributed by atoms with Crippen molar-refractivity contribution in [1.29, 1.82) is 0 Å². The number of carbonyl (C=O) groups is 1. The van der Waals surface area contributed by atoms with Gasteiger partial charge in [0.05, 0.1) is 23.0 Å². The Morgan fingerprint density at radius 2 is 1.77 bits per heavy atom. The van der Waals surface area contributed by atoms with Crippen LogP contribution >= 0.6 is 0 Å². The van der Waals surface area contributed by atoms with E-state index in [1.54, 1.807) is 0 Å². The predicted octanol–water partition coefficient (Wildman–Crippen LogP) is 4.96. The lowest BCUT2D eigenvalue weighted by Crippen LogP contribution is -2.36. The summed E-state index contributed by atoms with van der Waals surface area (Å²) >= 11 is 0. The number of nitrogens with zero attached hydrogens (tertiary/aromatic N) is 1. The number of nitrogens with one attached hydrogen (secondary N) is 2. The third-order valence-corrected chi connectivity index (χ3v) is 4.76. The first-order valence-electron chi connectivity index (χ1n) is 9.40. The van der Waals surface area contributed by atoms with E-state index in [4.69, 9.17) is 4.98 Å². The Bertz CT molecular complexity index is 821. The van der Waals surface area contributed by atoms with Gasteiger partial charge in [0.15, 0.2) is 0 Å². The standard InChI is InChI=1S/C22H27N3O/c1-4-10-17(16-11-6-5-7-12-16)22(26)25-20(15(2)3)21-23-18-13-8-9-14-19(18)24-21/h5-9,11-15,17,20H,4,10H2,1-3H3,(H,23,24)(H,25,26)/t17-,20+/m0/s1. The van der Waals surface area contributed by atoms with Crippen LogP contribution in [0.25, 0.3) is 11.0 Å². The van der Waals surface area contributed by atoms with Gasteiger partial charge < -0.3 is 10.3 Å². The number of aromatic amines is 1. The number of rotatable bonds is 7. The van der Waals surface area contributed by atoms with Gasteiger partial charge in [-0.05, 0) is 30.0 Å². The summed E-state index contributed by atoms with van der Waals surface area (Å²) in [5.74, 6) is 0.986. The molecule has 0 bridgehead atoms. The lowest BCUT2D eigenvalue weighted by Gasteiger charge is -2.24. The largest absolute Gasteiger partial charge is 0.345 e. The van der Waals surface area contributed by atoms with Crippen LogP contribution in [0.4, 0.5) is 0 Å². The third kappa shape index (κ3) is 3.96. The fourth-order valence-electron chi connectivity index (χ4n) is 3.35. The number of para-hydroxylation sites is 2. The van der Waals surface area contributed by atoms with Crippen LogP contribution in [-0.2, 0) is 4.79 Å². The molecule has 0 saturated carbocycles. The Morgan fingerprint density at radius 3 is 2.42 bits per heavy atom. The quantitative estimate of drug-likeness (QED) is 0.633. The highest BCUT2D eigenvalue weighted by atomic mass is 16.2. The van der Waals surface area contributed by atoms with E-state index in [0.717, 1.165) is 35.3 Å². The fraction of sp³-hybridized carbons (Fsp3) is 0.364. The van der Waals surface area contributed by atoms with E-state index < -0.39 is 0 Å². The second-order valence-electron chi connectivity index (χ2n) is 7.12. The summed E-state index contributed by atoms with van der Waals surface area (Å²) in [5, 5.41) is 3.24. The van der Waals surface area contributed by atoms with E-state index in [0.29, 0.717) is 0 Å². The number of hydrogen-bond donors (Lipinski definition) is 2. The van der Waals surface area contributed by atoms with Gasteiger partial charge in [-0.15, -0.1) is 0 Å². The smallest absolute Gasteiger partial charge is 0.228 e. The number of amides is 1. The molecule has 0 aliphatic heterocycles. The Balaban J connectivity index is 1.85. The number of carbonyl (C=O) groups excluding carboxylic acids is 1. The third-order valence-electron chi connectivity index (χ3n) is 4.76. The van der Waals surface area contributed by atoms with Crippen molar-refractivity contribution in [3.8, 4) is 0 Å². The maximum atomic E-state index is 13.1. The van der Waals surface area contributed by atoms with Crippen molar-refractivity contribution in [2.45, 2.75) is 45.6 Å². The van der Waals surface area contributed by atoms with Gasteiger partial charge in [0.25, 0.3) is 0 Å². The molecule has 0 unspecified atom stereocenters. The van der Waals surface area contributed by atoms with E-state index in [2.05, 4.69) is 31.1 Å². The number of fused-ring (bicyclic) bond motifs is 1. The Morgan fingerprint density at radius 1 is 1.08 bits per heavy atom. The molecule has 3 rings (SSSR count). The van der Waals surface area contributed by atoms with Crippen molar-refractivity contribution in [3.63, 3.8) is 0 Å². The van der Waals surface area contributed by atoms with Crippen LogP contribution in [0.1, 0.15) is 57.0 Å². The normalized spacial score (nSPS) is 13.7. The molecule has 1 heterocycles. The van der Waals surface area contributed by atoms with E-state index in [9.17, 15) is 4.79 Å². The molecule has 3 aromatic rings. The summed E-state index contributed by atoms with van der Waals surface area (Å²) in [6.45, 7) is 6.33. The van der Waals surface area contributed by atoms with Crippen molar-refractivity contribution >= 4 is 16.9 Å². The van der Waals surface area contributed by atoms with Crippen LogP contribution in [-0.4, -0.2) is 15.9 Å². The predicted molar refractivity (Wildman–Crippen MR) is 106 cm³/mol. The molecule has 2 N–H and O–H groups in total.